The summed E-state index contributed by atoms with van der Waals surface area (Å²) in [5, 5.41) is 4.11. The van der Waals surface area contributed by atoms with Crippen molar-refractivity contribution < 1.29 is 27.2 Å². The van der Waals surface area contributed by atoms with Crippen molar-refractivity contribution in [3.63, 3.8) is 0 Å². The zero-order valence-corrected chi connectivity index (χ0v) is 17.6. The van der Waals surface area contributed by atoms with Gasteiger partial charge in [0.05, 0.1) is 23.5 Å². The third kappa shape index (κ3) is 4.78. The van der Waals surface area contributed by atoms with Gasteiger partial charge in [-0.05, 0) is 44.4 Å². The standard InChI is InChI=1S/C20H27FN2O5S/c1-3-27-19(24)20(10-5-11-23(14-20)29(25,26)4-2)13-17-12-18(22-28-17)15-6-8-16(21)9-7-15/h6-9,17H,3-5,10-14H2,1-2H3/t17-,20-/m0/s1. The van der Waals surface area contributed by atoms with Gasteiger partial charge < -0.3 is 9.57 Å². The molecular weight excluding hydrogens is 399 g/mol. The maximum atomic E-state index is 13.2. The Kier molecular flexibility index (Phi) is 6.58. The van der Waals surface area contributed by atoms with Gasteiger partial charge in [0.25, 0.3) is 0 Å². The molecule has 0 amide bonds. The molecule has 2 heterocycles. The molecule has 0 unspecified atom stereocenters. The van der Waals surface area contributed by atoms with Gasteiger partial charge in [-0.3, -0.25) is 4.79 Å². The molecule has 2 atom stereocenters. The van der Waals surface area contributed by atoms with Crippen molar-refractivity contribution in [2.24, 2.45) is 10.6 Å². The smallest absolute Gasteiger partial charge is 0.313 e. The molecule has 0 N–H and O–H groups in total. The highest BCUT2D eigenvalue weighted by Crippen LogP contribution is 2.39. The molecule has 1 saturated heterocycles. The number of hydrogen-bond donors (Lipinski definition) is 0. The summed E-state index contributed by atoms with van der Waals surface area (Å²) >= 11 is 0. The number of rotatable bonds is 7. The number of halogens is 1. The normalized spacial score (nSPS) is 25.3. The van der Waals surface area contributed by atoms with E-state index in [0.29, 0.717) is 37.9 Å². The van der Waals surface area contributed by atoms with E-state index in [-0.39, 0.29) is 30.8 Å². The number of benzene rings is 1. The molecule has 0 bridgehead atoms. The van der Waals surface area contributed by atoms with Crippen molar-refractivity contribution in [3.05, 3.63) is 35.6 Å². The Bertz CT molecular complexity index is 871. The molecule has 160 valence electrons. The lowest BCUT2D eigenvalue weighted by Gasteiger charge is -2.40. The van der Waals surface area contributed by atoms with Crippen LogP contribution in [0, 0.1) is 11.2 Å². The summed E-state index contributed by atoms with van der Waals surface area (Å²) in [6.45, 7) is 4.05. The molecule has 2 aliphatic rings. The van der Waals surface area contributed by atoms with Gasteiger partial charge in [0.15, 0.2) is 0 Å². The van der Waals surface area contributed by atoms with E-state index >= 15 is 0 Å². The van der Waals surface area contributed by atoms with Crippen molar-refractivity contribution in [1.82, 2.24) is 4.31 Å². The quantitative estimate of drug-likeness (QED) is 0.626. The summed E-state index contributed by atoms with van der Waals surface area (Å²) in [4.78, 5) is 18.5. The first-order valence-electron chi connectivity index (χ1n) is 9.93. The van der Waals surface area contributed by atoms with E-state index in [2.05, 4.69) is 5.16 Å². The molecule has 9 heteroatoms. The van der Waals surface area contributed by atoms with Crippen LogP contribution in [-0.4, -0.2) is 56.0 Å². The third-order valence-corrected chi connectivity index (χ3v) is 7.37. The van der Waals surface area contributed by atoms with Gasteiger partial charge in [-0.25, -0.2) is 17.1 Å². The molecule has 0 saturated carbocycles. The van der Waals surface area contributed by atoms with Crippen molar-refractivity contribution in [3.8, 4) is 0 Å². The fraction of sp³-hybridized carbons (Fsp3) is 0.600. The maximum absolute atomic E-state index is 13.2. The lowest BCUT2D eigenvalue weighted by atomic mass is 9.75. The van der Waals surface area contributed by atoms with Crippen molar-refractivity contribution in [2.75, 3.05) is 25.4 Å². The molecule has 29 heavy (non-hydrogen) atoms. The molecule has 2 aliphatic heterocycles. The van der Waals surface area contributed by atoms with E-state index in [4.69, 9.17) is 9.57 Å². The Morgan fingerprint density at radius 3 is 2.72 bits per heavy atom. The number of ether oxygens (including phenoxy) is 1. The van der Waals surface area contributed by atoms with Crippen molar-refractivity contribution in [2.45, 2.75) is 45.6 Å². The topological polar surface area (TPSA) is 85.3 Å². The average molecular weight is 427 g/mol. The number of sulfonamides is 1. The zero-order chi connectivity index (χ0) is 21.1. The molecule has 0 aliphatic carbocycles. The number of oxime groups is 1. The second-order valence-corrected chi connectivity index (χ2v) is 9.78. The van der Waals surface area contributed by atoms with Crippen LogP contribution in [0.3, 0.4) is 0 Å². The Morgan fingerprint density at radius 1 is 1.34 bits per heavy atom. The molecule has 1 aromatic rings. The summed E-state index contributed by atoms with van der Waals surface area (Å²) in [7, 11) is -3.41. The monoisotopic (exact) mass is 426 g/mol. The summed E-state index contributed by atoms with van der Waals surface area (Å²) in [5.41, 5.74) is 0.482. The van der Waals surface area contributed by atoms with Crippen molar-refractivity contribution in [1.29, 1.82) is 0 Å². The van der Waals surface area contributed by atoms with Gasteiger partial charge in [-0.2, -0.15) is 0 Å². The van der Waals surface area contributed by atoms with Crippen LogP contribution in [0.25, 0.3) is 0 Å². The van der Waals surface area contributed by atoms with Crippen LogP contribution in [0.2, 0.25) is 0 Å². The van der Waals surface area contributed by atoms with Crippen LogP contribution in [0.15, 0.2) is 29.4 Å². The first kappa shape index (κ1) is 21.7. The van der Waals surface area contributed by atoms with Gasteiger partial charge in [-0.1, -0.05) is 17.3 Å². The van der Waals surface area contributed by atoms with Gasteiger partial charge in [-0.15, -0.1) is 0 Å². The minimum Gasteiger partial charge on any atom is -0.466 e. The van der Waals surface area contributed by atoms with Crippen LogP contribution >= 0.6 is 0 Å². The van der Waals surface area contributed by atoms with Crippen LogP contribution in [0.1, 0.15) is 45.1 Å². The minimum atomic E-state index is -3.41. The van der Waals surface area contributed by atoms with E-state index in [9.17, 15) is 17.6 Å². The fourth-order valence-corrected chi connectivity index (χ4v) is 5.21. The molecule has 0 radical (unpaired) electrons. The van der Waals surface area contributed by atoms with Crippen LogP contribution < -0.4 is 0 Å². The van der Waals surface area contributed by atoms with Gasteiger partial charge in [0, 0.05) is 25.9 Å². The molecule has 0 aromatic heterocycles. The molecule has 7 nitrogen and oxygen atoms in total. The van der Waals surface area contributed by atoms with Gasteiger partial charge in [0.2, 0.25) is 10.0 Å². The Balaban J connectivity index is 1.76. The summed E-state index contributed by atoms with van der Waals surface area (Å²) in [6.07, 6.45) is 1.52. The van der Waals surface area contributed by atoms with Crippen molar-refractivity contribution >= 4 is 21.7 Å². The predicted molar refractivity (Wildman–Crippen MR) is 106 cm³/mol. The largest absolute Gasteiger partial charge is 0.466 e. The van der Waals surface area contributed by atoms with Gasteiger partial charge in [0.1, 0.15) is 11.9 Å². The molecule has 1 aromatic carbocycles. The molecule has 1 fully saturated rings. The highest BCUT2D eigenvalue weighted by Gasteiger charge is 2.48. The predicted octanol–water partition coefficient (Wildman–Crippen LogP) is 2.70. The minimum absolute atomic E-state index is 0.0103. The Labute approximate surface area is 170 Å². The zero-order valence-electron chi connectivity index (χ0n) is 16.8. The van der Waals surface area contributed by atoms with Crippen LogP contribution in [0.5, 0.6) is 0 Å². The van der Waals surface area contributed by atoms with E-state index in [0.717, 1.165) is 5.56 Å². The second kappa shape index (κ2) is 8.79. The van der Waals surface area contributed by atoms with E-state index in [1.54, 1.807) is 26.0 Å². The summed E-state index contributed by atoms with van der Waals surface area (Å²) in [6, 6.07) is 5.99. The third-order valence-electron chi connectivity index (χ3n) is 5.54. The number of piperidine rings is 1. The van der Waals surface area contributed by atoms with E-state index in [1.807, 2.05) is 0 Å². The molecule has 0 spiro atoms. The Hall–Kier alpha value is -2.00. The maximum Gasteiger partial charge on any atom is 0.313 e. The first-order valence-corrected chi connectivity index (χ1v) is 11.5. The fourth-order valence-electron chi connectivity index (χ4n) is 4.00. The van der Waals surface area contributed by atoms with Gasteiger partial charge >= 0.3 is 5.97 Å². The lowest BCUT2D eigenvalue weighted by molar-refractivity contribution is -0.160. The number of carbonyl (C=O) groups is 1. The Morgan fingerprint density at radius 2 is 2.07 bits per heavy atom. The van der Waals surface area contributed by atoms with Crippen LogP contribution in [-0.2, 0) is 24.4 Å². The highest BCUT2D eigenvalue weighted by molar-refractivity contribution is 7.89. The number of hydrogen-bond acceptors (Lipinski definition) is 6. The second-order valence-electron chi connectivity index (χ2n) is 7.52. The highest BCUT2D eigenvalue weighted by atomic mass is 32.2. The SMILES string of the molecule is CCOC(=O)[C@]1(C[C@@H]2CC(c3ccc(F)cc3)=NO2)CCCN(S(=O)(=O)CC)C1. The summed E-state index contributed by atoms with van der Waals surface area (Å²) in [5.74, 6) is -0.732. The lowest BCUT2D eigenvalue weighted by Crippen LogP contribution is -2.52. The first-order chi connectivity index (χ1) is 13.8. The van der Waals surface area contributed by atoms with E-state index in [1.165, 1.54) is 16.4 Å². The van der Waals surface area contributed by atoms with Crippen LogP contribution in [0.4, 0.5) is 4.39 Å². The number of esters is 1. The average Bonchev–Trinajstić information content (AvgIpc) is 3.17. The number of carbonyl (C=O) groups excluding carboxylic acids is 1. The van der Waals surface area contributed by atoms with E-state index < -0.39 is 21.4 Å². The molecule has 3 rings (SSSR count). The number of nitrogens with zero attached hydrogens (tertiary/aromatic N) is 2. The summed E-state index contributed by atoms with van der Waals surface area (Å²) < 4.78 is 44.7. The molecular formula is C20H27FN2O5S.